The Morgan fingerprint density at radius 2 is 1.89 bits per heavy atom. The maximum Gasteiger partial charge on any atom is 0.228 e. The van der Waals surface area contributed by atoms with Crippen LogP contribution in [0.25, 0.3) is 0 Å². The van der Waals surface area contributed by atoms with Crippen LogP contribution in [-0.2, 0) is 21.4 Å². The molecule has 1 amide bonds. The molecule has 18 heavy (non-hydrogen) atoms. The lowest BCUT2D eigenvalue weighted by Crippen LogP contribution is -2.34. The number of carbonyl (C=O) groups is 1. The number of hydrogen-bond donors (Lipinski definition) is 1. The maximum absolute atomic E-state index is 11.8. The first kappa shape index (κ1) is 14.9. The van der Waals surface area contributed by atoms with Gasteiger partial charge in [0, 0.05) is 19.5 Å². The molecule has 0 saturated carbocycles. The van der Waals surface area contributed by atoms with Crippen molar-refractivity contribution in [1.82, 2.24) is 4.31 Å². The highest BCUT2D eigenvalue weighted by atomic mass is 35.5. The predicted molar refractivity (Wildman–Crippen MR) is 70.3 cm³/mol. The van der Waals surface area contributed by atoms with Gasteiger partial charge in [-0.3, -0.25) is 4.79 Å². The summed E-state index contributed by atoms with van der Waals surface area (Å²) in [5, 5.41) is -0.515. The average Bonchev–Trinajstić information content (AvgIpc) is 2.35. The summed E-state index contributed by atoms with van der Waals surface area (Å²) in [6, 6.07) is 9.08. The van der Waals surface area contributed by atoms with Crippen molar-refractivity contribution in [1.29, 1.82) is 0 Å². The summed E-state index contributed by atoms with van der Waals surface area (Å²) in [4.78, 5) is 10.7. The quantitative estimate of drug-likeness (QED) is 0.757. The highest BCUT2D eigenvalue weighted by Gasteiger charge is 2.21. The summed E-state index contributed by atoms with van der Waals surface area (Å²) in [5.41, 5.74) is 5.85. The van der Waals surface area contributed by atoms with Crippen LogP contribution in [0.2, 0.25) is 0 Å². The van der Waals surface area contributed by atoms with Crippen LogP contribution in [0.3, 0.4) is 0 Å². The lowest BCUT2D eigenvalue weighted by molar-refractivity contribution is -0.118. The van der Waals surface area contributed by atoms with Gasteiger partial charge in [-0.2, -0.15) is 4.31 Å². The number of primary amides is 1. The molecule has 1 aromatic rings. The molecule has 0 saturated heterocycles. The number of alkyl halides is 1. The molecule has 0 aliphatic carbocycles. The van der Waals surface area contributed by atoms with Gasteiger partial charge < -0.3 is 5.73 Å². The topological polar surface area (TPSA) is 80.5 Å². The molecule has 0 heterocycles. The molecule has 0 fully saturated rings. The number of sulfonamides is 1. The Kier molecular flexibility index (Phi) is 5.58. The lowest BCUT2D eigenvalue weighted by Gasteiger charge is -2.20. The van der Waals surface area contributed by atoms with Crippen LogP contribution in [0.1, 0.15) is 12.0 Å². The highest BCUT2D eigenvalue weighted by molar-refractivity contribution is 7.90. The number of nitrogens with zero attached hydrogens (tertiary/aromatic N) is 1. The number of rotatable bonds is 7. The zero-order valence-electron chi connectivity index (χ0n) is 9.75. The molecule has 0 aromatic heterocycles. The monoisotopic (exact) mass is 290 g/mol. The molecular weight excluding hydrogens is 276 g/mol. The third-order valence-corrected chi connectivity index (χ3v) is 4.54. The molecule has 5 nitrogen and oxygen atoms in total. The summed E-state index contributed by atoms with van der Waals surface area (Å²) in [6.45, 7) is 0.225. The first-order valence-electron chi connectivity index (χ1n) is 5.31. The van der Waals surface area contributed by atoms with Crippen LogP contribution in [-0.4, -0.2) is 30.4 Å². The Morgan fingerprint density at radius 1 is 1.28 bits per heavy atom. The van der Waals surface area contributed by atoms with E-state index in [1.165, 1.54) is 4.31 Å². The minimum absolute atomic E-state index is 0.0248. The summed E-state index contributed by atoms with van der Waals surface area (Å²) in [5.74, 6) is -0.544. The Morgan fingerprint density at radius 3 is 2.39 bits per heavy atom. The highest BCUT2D eigenvalue weighted by Crippen LogP contribution is 2.11. The maximum atomic E-state index is 11.8. The van der Waals surface area contributed by atoms with Crippen molar-refractivity contribution in [3.05, 3.63) is 35.9 Å². The van der Waals surface area contributed by atoms with Crippen molar-refractivity contribution in [2.45, 2.75) is 13.0 Å². The van der Waals surface area contributed by atoms with Gasteiger partial charge in [-0.15, -0.1) is 11.6 Å². The van der Waals surface area contributed by atoms with Crippen molar-refractivity contribution < 1.29 is 13.2 Å². The molecule has 0 radical (unpaired) electrons. The fourth-order valence-electron chi connectivity index (χ4n) is 1.41. The molecule has 0 spiro atoms. The van der Waals surface area contributed by atoms with Gasteiger partial charge in [-0.1, -0.05) is 30.3 Å². The van der Waals surface area contributed by atoms with Gasteiger partial charge in [-0.05, 0) is 5.56 Å². The number of benzene rings is 1. The van der Waals surface area contributed by atoms with Gasteiger partial charge in [0.15, 0.2) is 0 Å². The minimum Gasteiger partial charge on any atom is -0.370 e. The molecule has 100 valence electrons. The van der Waals surface area contributed by atoms with E-state index in [4.69, 9.17) is 17.3 Å². The number of carbonyl (C=O) groups excluding carboxylic acids is 1. The molecule has 2 N–H and O–H groups in total. The standard InChI is InChI=1S/C11H15ClN2O3S/c12-9-18(16,17)14(7-6-11(13)15)8-10-4-2-1-3-5-10/h1-5H,6-9H2,(H2,13,15). The SMILES string of the molecule is NC(=O)CCN(Cc1ccccc1)S(=O)(=O)CCl. The van der Waals surface area contributed by atoms with Gasteiger partial charge in [0.05, 0.1) is 0 Å². The lowest BCUT2D eigenvalue weighted by atomic mass is 10.2. The van der Waals surface area contributed by atoms with E-state index in [1.54, 1.807) is 12.1 Å². The molecular formula is C11H15ClN2O3S. The average molecular weight is 291 g/mol. The van der Waals surface area contributed by atoms with Crippen LogP contribution in [0.4, 0.5) is 0 Å². The number of halogens is 1. The van der Waals surface area contributed by atoms with Crippen LogP contribution in [0.15, 0.2) is 30.3 Å². The van der Waals surface area contributed by atoms with Crippen LogP contribution in [0.5, 0.6) is 0 Å². The van der Waals surface area contributed by atoms with Gasteiger partial charge in [-0.25, -0.2) is 8.42 Å². The van der Waals surface area contributed by atoms with Gasteiger partial charge in [0.1, 0.15) is 5.21 Å². The fraction of sp³-hybridized carbons (Fsp3) is 0.364. The molecule has 0 atom stereocenters. The van der Waals surface area contributed by atoms with E-state index < -0.39 is 21.1 Å². The molecule has 7 heteroatoms. The van der Waals surface area contributed by atoms with Crippen LogP contribution in [0, 0.1) is 0 Å². The van der Waals surface area contributed by atoms with Crippen LogP contribution >= 0.6 is 11.6 Å². The summed E-state index contributed by atoms with van der Waals surface area (Å²) in [7, 11) is -3.56. The van der Waals surface area contributed by atoms with E-state index in [1.807, 2.05) is 18.2 Å². The van der Waals surface area contributed by atoms with E-state index in [-0.39, 0.29) is 19.5 Å². The number of nitrogens with two attached hydrogens (primary N) is 1. The largest absolute Gasteiger partial charge is 0.370 e. The summed E-state index contributed by atoms with van der Waals surface area (Å²) >= 11 is 5.42. The Hall–Kier alpha value is -1.11. The van der Waals surface area contributed by atoms with E-state index in [0.717, 1.165) is 5.56 Å². The normalized spacial score (nSPS) is 11.7. The zero-order chi connectivity index (χ0) is 13.6. The van der Waals surface area contributed by atoms with Crippen molar-refractivity contribution in [2.24, 2.45) is 5.73 Å². The summed E-state index contributed by atoms with van der Waals surface area (Å²) < 4.78 is 24.7. The molecule has 1 rings (SSSR count). The smallest absolute Gasteiger partial charge is 0.228 e. The second-order valence-electron chi connectivity index (χ2n) is 3.76. The Bertz CT molecular complexity index is 490. The minimum atomic E-state index is -3.56. The molecule has 1 aromatic carbocycles. The van der Waals surface area contributed by atoms with Gasteiger partial charge in [0.25, 0.3) is 0 Å². The van der Waals surface area contributed by atoms with Gasteiger partial charge in [0.2, 0.25) is 15.9 Å². The van der Waals surface area contributed by atoms with E-state index >= 15 is 0 Å². The Balaban J connectivity index is 2.81. The first-order chi connectivity index (χ1) is 8.45. The second kappa shape index (κ2) is 6.72. The van der Waals surface area contributed by atoms with E-state index in [0.29, 0.717) is 0 Å². The molecule has 0 aliphatic rings. The third-order valence-electron chi connectivity index (χ3n) is 2.34. The first-order valence-corrected chi connectivity index (χ1v) is 7.46. The Labute approximate surface area is 112 Å². The number of hydrogen-bond acceptors (Lipinski definition) is 3. The van der Waals surface area contributed by atoms with Crippen LogP contribution < -0.4 is 5.73 Å². The van der Waals surface area contributed by atoms with Gasteiger partial charge >= 0.3 is 0 Å². The fourth-order valence-corrected chi connectivity index (χ4v) is 2.67. The molecule has 0 aliphatic heterocycles. The predicted octanol–water partition coefficient (Wildman–Crippen LogP) is 0.890. The summed E-state index contributed by atoms with van der Waals surface area (Å²) in [6.07, 6.45) is -0.0248. The second-order valence-corrected chi connectivity index (χ2v) is 6.31. The third kappa shape index (κ3) is 4.64. The number of amides is 1. The van der Waals surface area contributed by atoms with E-state index in [2.05, 4.69) is 0 Å². The zero-order valence-corrected chi connectivity index (χ0v) is 11.3. The van der Waals surface area contributed by atoms with E-state index in [9.17, 15) is 13.2 Å². The van der Waals surface area contributed by atoms with Crippen molar-refractivity contribution >= 4 is 27.5 Å². The van der Waals surface area contributed by atoms with Crippen molar-refractivity contribution in [3.63, 3.8) is 0 Å². The van der Waals surface area contributed by atoms with Crippen molar-refractivity contribution in [3.8, 4) is 0 Å². The molecule has 0 bridgehead atoms. The molecule has 0 unspecified atom stereocenters. The van der Waals surface area contributed by atoms with Crippen molar-refractivity contribution in [2.75, 3.05) is 11.8 Å².